The molecule has 0 spiro atoms. The van der Waals surface area contributed by atoms with E-state index in [1.54, 1.807) is 0 Å². The van der Waals surface area contributed by atoms with Gasteiger partial charge in [0, 0.05) is 25.0 Å². The lowest BCUT2D eigenvalue weighted by Crippen LogP contribution is -2.33. The molecule has 1 N–H and O–H groups in total. The summed E-state index contributed by atoms with van der Waals surface area (Å²) in [6, 6.07) is 13.4. The minimum atomic E-state index is 0.352. The maximum Gasteiger partial charge on any atom is 0.0731 e. The minimum absolute atomic E-state index is 0.352. The van der Waals surface area contributed by atoms with Crippen LogP contribution in [-0.4, -0.2) is 11.1 Å². The number of fused-ring (bicyclic) bond motifs is 1. The Balaban J connectivity index is 2.02. The molecule has 0 amide bonds. The number of nitrogens with zero attached hydrogens (tertiary/aromatic N) is 1. The fourth-order valence-corrected chi connectivity index (χ4v) is 2.59. The van der Waals surface area contributed by atoms with Crippen molar-refractivity contribution in [3.05, 3.63) is 59.4 Å². The molecule has 2 heteroatoms. The molecule has 88 valence electrons. The third-order valence-corrected chi connectivity index (χ3v) is 3.52. The van der Waals surface area contributed by atoms with Crippen molar-refractivity contribution in [2.45, 2.75) is 25.9 Å². The van der Waals surface area contributed by atoms with Gasteiger partial charge >= 0.3 is 0 Å². The van der Waals surface area contributed by atoms with Crippen LogP contribution < -0.4 is 5.32 Å². The number of aromatic nitrogens is 1. The van der Waals surface area contributed by atoms with E-state index in [9.17, 15) is 0 Å². The molecule has 1 aromatic carbocycles. The standard InChI is InChI=1S/C15H18N2/c1-2-12-10-14-15(13-6-4-3-5-7-13)16-8-9-17(14)11-12/h3-7,10-11,15-16H,2,8-9H2,1H3. The summed E-state index contributed by atoms with van der Waals surface area (Å²) in [6.45, 7) is 4.34. The highest BCUT2D eigenvalue weighted by atomic mass is 15.1. The number of nitrogens with one attached hydrogen (secondary N) is 1. The summed E-state index contributed by atoms with van der Waals surface area (Å²) in [6.07, 6.45) is 3.41. The van der Waals surface area contributed by atoms with Crippen molar-refractivity contribution in [1.82, 2.24) is 9.88 Å². The van der Waals surface area contributed by atoms with E-state index in [4.69, 9.17) is 0 Å². The van der Waals surface area contributed by atoms with E-state index in [1.807, 2.05) is 0 Å². The van der Waals surface area contributed by atoms with E-state index in [0.29, 0.717) is 6.04 Å². The van der Waals surface area contributed by atoms with E-state index in [2.05, 4.69) is 59.4 Å². The molecule has 1 aliphatic heterocycles. The highest BCUT2D eigenvalue weighted by Gasteiger charge is 2.21. The van der Waals surface area contributed by atoms with Crippen molar-refractivity contribution in [2.24, 2.45) is 0 Å². The SMILES string of the molecule is CCc1cc2n(c1)CCNC2c1ccccc1. The van der Waals surface area contributed by atoms with Gasteiger partial charge in [-0.3, -0.25) is 0 Å². The third-order valence-electron chi connectivity index (χ3n) is 3.52. The molecule has 2 aromatic rings. The second kappa shape index (κ2) is 4.38. The Kier molecular flexibility index (Phi) is 2.73. The average Bonchev–Trinajstić information content (AvgIpc) is 2.82. The zero-order valence-electron chi connectivity index (χ0n) is 10.2. The molecule has 0 saturated heterocycles. The van der Waals surface area contributed by atoms with Crippen LogP contribution in [-0.2, 0) is 13.0 Å². The van der Waals surface area contributed by atoms with Gasteiger partial charge in [0.1, 0.15) is 0 Å². The Morgan fingerprint density at radius 3 is 2.88 bits per heavy atom. The lowest BCUT2D eigenvalue weighted by molar-refractivity contribution is 0.467. The van der Waals surface area contributed by atoms with Crippen LogP contribution in [0.15, 0.2) is 42.6 Å². The number of hydrogen-bond donors (Lipinski definition) is 1. The fraction of sp³-hybridized carbons (Fsp3) is 0.333. The first-order valence-electron chi connectivity index (χ1n) is 6.35. The Labute approximate surface area is 102 Å². The van der Waals surface area contributed by atoms with Crippen molar-refractivity contribution in [3.63, 3.8) is 0 Å². The van der Waals surface area contributed by atoms with Gasteiger partial charge in [0.2, 0.25) is 0 Å². The molecule has 1 aromatic heterocycles. The van der Waals surface area contributed by atoms with Gasteiger partial charge in [-0.05, 0) is 23.6 Å². The molecule has 0 radical (unpaired) electrons. The number of benzene rings is 1. The van der Waals surface area contributed by atoms with Gasteiger partial charge in [-0.15, -0.1) is 0 Å². The predicted molar refractivity (Wildman–Crippen MR) is 70.1 cm³/mol. The summed E-state index contributed by atoms with van der Waals surface area (Å²) in [4.78, 5) is 0. The van der Waals surface area contributed by atoms with Crippen LogP contribution in [0, 0.1) is 0 Å². The van der Waals surface area contributed by atoms with Crippen molar-refractivity contribution >= 4 is 0 Å². The quantitative estimate of drug-likeness (QED) is 0.833. The normalized spacial score (nSPS) is 19.0. The molecule has 1 unspecified atom stereocenters. The lowest BCUT2D eigenvalue weighted by atomic mass is 10.0. The molecule has 0 bridgehead atoms. The summed E-state index contributed by atoms with van der Waals surface area (Å²) in [7, 11) is 0. The predicted octanol–water partition coefficient (Wildman–Crippen LogP) is 2.74. The monoisotopic (exact) mass is 226 g/mol. The third kappa shape index (κ3) is 1.89. The van der Waals surface area contributed by atoms with Crippen molar-refractivity contribution < 1.29 is 0 Å². The van der Waals surface area contributed by atoms with E-state index >= 15 is 0 Å². The van der Waals surface area contributed by atoms with Gasteiger partial charge in [-0.1, -0.05) is 37.3 Å². The van der Waals surface area contributed by atoms with Crippen LogP contribution >= 0.6 is 0 Å². The van der Waals surface area contributed by atoms with Crippen LogP contribution in [0.4, 0.5) is 0 Å². The summed E-state index contributed by atoms with van der Waals surface area (Å²) in [5.41, 5.74) is 4.19. The Morgan fingerprint density at radius 2 is 2.12 bits per heavy atom. The molecule has 3 rings (SSSR count). The maximum atomic E-state index is 3.61. The molecule has 1 atom stereocenters. The van der Waals surface area contributed by atoms with E-state index in [-0.39, 0.29) is 0 Å². The molecule has 0 aliphatic carbocycles. The summed E-state index contributed by atoms with van der Waals surface area (Å²) in [5, 5.41) is 3.61. The van der Waals surface area contributed by atoms with Crippen molar-refractivity contribution in [1.29, 1.82) is 0 Å². The maximum absolute atomic E-state index is 3.61. The number of rotatable bonds is 2. The van der Waals surface area contributed by atoms with Gasteiger partial charge in [0.15, 0.2) is 0 Å². The topological polar surface area (TPSA) is 17.0 Å². The Morgan fingerprint density at radius 1 is 1.29 bits per heavy atom. The number of aryl methyl sites for hydroxylation is 1. The molecular weight excluding hydrogens is 208 g/mol. The highest BCUT2D eigenvalue weighted by Crippen LogP contribution is 2.26. The zero-order chi connectivity index (χ0) is 11.7. The lowest BCUT2D eigenvalue weighted by Gasteiger charge is -2.26. The van der Waals surface area contributed by atoms with Crippen LogP contribution in [0.5, 0.6) is 0 Å². The van der Waals surface area contributed by atoms with Crippen LogP contribution in [0.1, 0.15) is 29.8 Å². The van der Waals surface area contributed by atoms with Crippen molar-refractivity contribution in [3.8, 4) is 0 Å². The molecule has 2 nitrogen and oxygen atoms in total. The summed E-state index contributed by atoms with van der Waals surface area (Å²) < 4.78 is 2.40. The van der Waals surface area contributed by atoms with Crippen molar-refractivity contribution in [2.75, 3.05) is 6.54 Å². The average molecular weight is 226 g/mol. The summed E-state index contributed by atoms with van der Waals surface area (Å²) in [5.74, 6) is 0. The van der Waals surface area contributed by atoms with Crippen LogP contribution in [0.2, 0.25) is 0 Å². The number of hydrogen-bond acceptors (Lipinski definition) is 1. The minimum Gasteiger partial charge on any atom is -0.348 e. The molecule has 1 aliphatic rings. The summed E-state index contributed by atoms with van der Waals surface area (Å²) >= 11 is 0. The van der Waals surface area contributed by atoms with E-state index in [1.165, 1.54) is 16.8 Å². The molecule has 0 fully saturated rings. The van der Waals surface area contributed by atoms with Crippen LogP contribution in [0.25, 0.3) is 0 Å². The highest BCUT2D eigenvalue weighted by molar-refractivity contribution is 5.32. The Hall–Kier alpha value is -1.54. The smallest absolute Gasteiger partial charge is 0.0731 e. The second-order valence-electron chi connectivity index (χ2n) is 4.62. The van der Waals surface area contributed by atoms with Gasteiger partial charge in [-0.25, -0.2) is 0 Å². The van der Waals surface area contributed by atoms with Gasteiger partial charge in [0.25, 0.3) is 0 Å². The molecular formula is C15H18N2. The van der Waals surface area contributed by atoms with Gasteiger partial charge < -0.3 is 9.88 Å². The fourth-order valence-electron chi connectivity index (χ4n) is 2.59. The van der Waals surface area contributed by atoms with Gasteiger partial charge in [-0.2, -0.15) is 0 Å². The largest absolute Gasteiger partial charge is 0.348 e. The van der Waals surface area contributed by atoms with E-state index in [0.717, 1.165) is 19.5 Å². The van der Waals surface area contributed by atoms with Gasteiger partial charge in [0.05, 0.1) is 6.04 Å². The molecule has 2 heterocycles. The Bertz CT molecular complexity index is 499. The first-order valence-corrected chi connectivity index (χ1v) is 6.35. The van der Waals surface area contributed by atoms with E-state index < -0.39 is 0 Å². The first kappa shape index (κ1) is 10.6. The second-order valence-corrected chi connectivity index (χ2v) is 4.62. The first-order chi connectivity index (χ1) is 8.38. The zero-order valence-corrected chi connectivity index (χ0v) is 10.2. The molecule has 0 saturated carbocycles. The van der Waals surface area contributed by atoms with Crippen LogP contribution in [0.3, 0.4) is 0 Å². The molecule has 17 heavy (non-hydrogen) atoms.